The van der Waals surface area contributed by atoms with Gasteiger partial charge in [0.25, 0.3) is 5.56 Å². The maximum atomic E-state index is 11.7. The lowest BCUT2D eigenvalue weighted by atomic mass is 10.1. The number of hydrogen-bond acceptors (Lipinski definition) is 8. The number of fused-ring (bicyclic) bond motifs is 1. The van der Waals surface area contributed by atoms with E-state index in [9.17, 15) is 15.0 Å². The van der Waals surface area contributed by atoms with Crippen LogP contribution in [0.25, 0.3) is 11.2 Å². The van der Waals surface area contributed by atoms with Gasteiger partial charge in [0.05, 0.1) is 6.33 Å². The summed E-state index contributed by atoms with van der Waals surface area (Å²) < 4.78 is 6.82. The first kappa shape index (κ1) is 13.0. The van der Waals surface area contributed by atoms with E-state index in [-0.39, 0.29) is 23.7 Å². The predicted molar refractivity (Wildman–Crippen MR) is 67.5 cm³/mol. The monoisotopic (exact) mass is 282 g/mol. The smallest absolute Gasteiger partial charge is 0.280 e. The summed E-state index contributed by atoms with van der Waals surface area (Å²) in [6.07, 6.45) is -2.67. The van der Waals surface area contributed by atoms with Gasteiger partial charge in [0.2, 0.25) is 5.95 Å². The molecular formula is C10H14N6O4. The second-order valence-electron chi connectivity index (χ2n) is 4.56. The summed E-state index contributed by atoms with van der Waals surface area (Å²) in [6, 6.07) is 0. The first-order valence-electron chi connectivity index (χ1n) is 5.97. The summed E-state index contributed by atoms with van der Waals surface area (Å²) >= 11 is 0. The number of aliphatic hydroxyl groups is 2. The van der Waals surface area contributed by atoms with Crippen LogP contribution in [0.3, 0.4) is 0 Å². The number of aromatic nitrogens is 4. The first-order valence-corrected chi connectivity index (χ1v) is 5.97. The molecule has 2 unspecified atom stereocenters. The minimum Gasteiger partial charge on any atom is -0.387 e. The number of nitrogen functional groups attached to an aromatic ring is 1. The van der Waals surface area contributed by atoms with Gasteiger partial charge in [-0.2, -0.15) is 4.98 Å². The van der Waals surface area contributed by atoms with Crippen molar-refractivity contribution < 1.29 is 14.9 Å². The van der Waals surface area contributed by atoms with Crippen LogP contribution in [0.1, 0.15) is 6.23 Å². The van der Waals surface area contributed by atoms with Gasteiger partial charge in [-0.05, 0) is 0 Å². The average Bonchev–Trinajstić information content (AvgIpc) is 2.93. The van der Waals surface area contributed by atoms with Gasteiger partial charge in [0.1, 0.15) is 18.3 Å². The second-order valence-corrected chi connectivity index (χ2v) is 4.56. The number of nitrogens with two attached hydrogens (primary N) is 2. The maximum Gasteiger partial charge on any atom is 0.280 e. The average molecular weight is 282 g/mol. The molecule has 0 aromatic carbocycles. The molecule has 2 aromatic heterocycles. The zero-order valence-corrected chi connectivity index (χ0v) is 10.3. The third kappa shape index (κ3) is 1.78. The molecule has 0 radical (unpaired) electrons. The summed E-state index contributed by atoms with van der Waals surface area (Å²) in [5, 5.41) is 19.8. The van der Waals surface area contributed by atoms with E-state index in [1.165, 1.54) is 10.9 Å². The van der Waals surface area contributed by atoms with Crippen molar-refractivity contribution >= 4 is 17.1 Å². The highest BCUT2D eigenvalue weighted by molar-refractivity contribution is 5.70. The Morgan fingerprint density at radius 3 is 2.85 bits per heavy atom. The lowest BCUT2D eigenvalue weighted by Gasteiger charge is -2.16. The molecule has 2 aromatic rings. The maximum absolute atomic E-state index is 11.7. The van der Waals surface area contributed by atoms with Gasteiger partial charge in [-0.3, -0.25) is 14.3 Å². The molecule has 7 N–H and O–H groups in total. The van der Waals surface area contributed by atoms with E-state index in [1.807, 2.05) is 0 Å². The third-order valence-corrected chi connectivity index (χ3v) is 3.29. The molecule has 4 atom stereocenters. The van der Waals surface area contributed by atoms with E-state index < -0.39 is 30.1 Å². The standard InChI is InChI=1S/C10H14N6O4/c11-1-3-5(17)6(18)9(20-3)16-2-13-4-7(16)14-10(12)15-8(4)19/h2-3,5-6,9,17-18H,1,11H2,(H3,12,14,15,19)/t3-,5?,6?,9-/m1/s1. The fraction of sp³-hybridized carbons (Fsp3) is 0.500. The van der Waals surface area contributed by atoms with Crippen molar-refractivity contribution in [2.24, 2.45) is 5.73 Å². The molecule has 108 valence electrons. The molecule has 20 heavy (non-hydrogen) atoms. The van der Waals surface area contributed by atoms with Crippen LogP contribution in [0.5, 0.6) is 0 Å². The van der Waals surface area contributed by atoms with Crippen molar-refractivity contribution in [3.63, 3.8) is 0 Å². The lowest BCUT2D eigenvalue weighted by Crippen LogP contribution is -2.35. The third-order valence-electron chi connectivity index (χ3n) is 3.29. The van der Waals surface area contributed by atoms with Crippen molar-refractivity contribution in [3.05, 3.63) is 16.7 Å². The number of nitrogens with one attached hydrogen (secondary N) is 1. The van der Waals surface area contributed by atoms with Crippen LogP contribution in [0.15, 0.2) is 11.1 Å². The second kappa shape index (κ2) is 4.52. The van der Waals surface area contributed by atoms with E-state index in [2.05, 4.69) is 15.0 Å². The first-order chi connectivity index (χ1) is 9.52. The van der Waals surface area contributed by atoms with Gasteiger partial charge in [-0.15, -0.1) is 0 Å². The van der Waals surface area contributed by atoms with Gasteiger partial charge < -0.3 is 26.4 Å². The van der Waals surface area contributed by atoms with Crippen LogP contribution >= 0.6 is 0 Å². The van der Waals surface area contributed by atoms with E-state index in [4.69, 9.17) is 16.2 Å². The molecule has 0 amide bonds. The van der Waals surface area contributed by atoms with Crippen LogP contribution < -0.4 is 17.0 Å². The summed E-state index contributed by atoms with van der Waals surface area (Å²) in [5.74, 6) is -0.0762. The van der Waals surface area contributed by atoms with Crippen LogP contribution in [0.2, 0.25) is 0 Å². The summed E-state index contributed by atoms with van der Waals surface area (Å²) in [6.45, 7) is 0.0531. The van der Waals surface area contributed by atoms with Crippen LogP contribution in [-0.2, 0) is 4.74 Å². The molecule has 10 nitrogen and oxygen atoms in total. The Kier molecular flexibility index (Phi) is 2.94. The zero-order chi connectivity index (χ0) is 14.4. The minimum absolute atomic E-state index is 0.0531. The van der Waals surface area contributed by atoms with Crippen molar-refractivity contribution in [2.45, 2.75) is 24.5 Å². The lowest BCUT2D eigenvalue weighted by molar-refractivity contribution is -0.0321. The highest BCUT2D eigenvalue weighted by Gasteiger charge is 2.43. The van der Waals surface area contributed by atoms with Gasteiger partial charge in [0, 0.05) is 6.54 Å². The molecule has 10 heteroatoms. The molecule has 1 saturated heterocycles. The summed E-state index contributed by atoms with van der Waals surface area (Å²) in [7, 11) is 0. The number of imidazole rings is 1. The molecule has 0 bridgehead atoms. The minimum atomic E-state index is -1.21. The normalized spacial score (nSPS) is 30.1. The number of hydrogen-bond donors (Lipinski definition) is 5. The number of nitrogens with zero attached hydrogens (tertiary/aromatic N) is 3. The molecule has 0 saturated carbocycles. The van der Waals surface area contributed by atoms with E-state index >= 15 is 0 Å². The fourth-order valence-electron chi connectivity index (χ4n) is 2.28. The number of rotatable bonds is 2. The number of aromatic amines is 1. The van der Waals surface area contributed by atoms with Crippen molar-refractivity contribution in [1.29, 1.82) is 0 Å². The molecule has 3 heterocycles. The zero-order valence-electron chi connectivity index (χ0n) is 10.3. The van der Waals surface area contributed by atoms with Crippen molar-refractivity contribution in [1.82, 2.24) is 19.5 Å². The Labute approximate surface area is 112 Å². The Morgan fingerprint density at radius 2 is 2.20 bits per heavy atom. The predicted octanol–water partition coefficient (Wildman–Crippen LogP) is -2.72. The topological polar surface area (TPSA) is 165 Å². The van der Waals surface area contributed by atoms with E-state index in [1.54, 1.807) is 0 Å². The summed E-state index contributed by atoms with van der Waals surface area (Å²) in [4.78, 5) is 21.9. The molecule has 0 spiro atoms. The van der Waals surface area contributed by atoms with Crippen LogP contribution in [0.4, 0.5) is 5.95 Å². The Morgan fingerprint density at radius 1 is 1.45 bits per heavy atom. The van der Waals surface area contributed by atoms with Gasteiger partial charge in [-0.25, -0.2) is 4.98 Å². The number of ether oxygens (including phenoxy) is 1. The van der Waals surface area contributed by atoms with Crippen molar-refractivity contribution in [2.75, 3.05) is 12.3 Å². The molecular weight excluding hydrogens is 268 g/mol. The summed E-state index contributed by atoms with van der Waals surface area (Å²) in [5.41, 5.74) is 10.7. The van der Waals surface area contributed by atoms with E-state index in [0.29, 0.717) is 0 Å². The van der Waals surface area contributed by atoms with Crippen LogP contribution in [-0.4, -0.2) is 54.6 Å². The SMILES string of the molecule is NC[C@H]1O[C@@H](n2cnc3c(=O)[nH]c(N)nc32)C(O)C1O. The Hall–Kier alpha value is -2.01. The number of aliphatic hydroxyl groups excluding tert-OH is 2. The Bertz CT molecular complexity index is 697. The molecule has 1 aliphatic rings. The molecule has 0 aliphatic carbocycles. The highest BCUT2D eigenvalue weighted by Crippen LogP contribution is 2.30. The number of H-pyrrole nitrogens is 1. The van der Waals surface area contributed by atoms with Crippen LogP contribution in [0, 0.1) is 0 Å². The Balaban J connectivity index is 2.09. The van der Waals surface area contributed by atoms with Crippen molar-refractivity contribution in [3.8, 4) is 0 Å². The fourth-order valence-corrected chi connectivity index (χ4v) is 2.28. The quantitative estimate of drug-likeness (QED) is 0.396. The molecule has 1 aliphatic heterocycles. The highest BCUT2D eigenvalue weighted by atomic mass is 16.6. The van der Waals surface area contributed by atoms with Gasteiger partial charge >= 0.3 is 0 Å². The molecule has 1 fully saturated rings. The number of anilines is 1. The largest absolute Gasteiger partial charge is 0.387 e. The van der Waals surface area contributed by atoms with Gasteiger partial charge in [-0.1, -0.05) is 0 Å². The van der Waals surface area contributed by atoms with E-state index in [0.717, 1.165) is 0 Å². The molecule has 3 rings (SSSR count). The van der Waals surface area contributed by atoms with Gasteiger partial charge in [0.15, 0.2) is 17.4 Å².